The van der Waals surface area contributed by atoms with Crippen LogP contribution in [0.4, 0.5) is 10.3 Å². The number of anilines is 1. The molecule has 0 aliphatic carbocycles. The standard InChI is InChI=1S/C7H10FN3O/c1-2-3-12-6-4-5(8)10-7(9)11-6/h4H,2-3H2,1H3,(H2,9,10,11). The SMILES string of the molecule is CCCOc1cc(F)nc(N)n1. The molecule has 66 valence electrons. The summed E-state index contributed by atoms with van der Waals surface area (Å²) >= 11 is 0. The molecule has 0 radical (unpaired) electrons. The first-order valence-electron chi connectivity index (χ1n) is 3.65. The lowest BCUT2D eigenvalue weighted by Gasteiger charge is -2.02. The summed E-state index contributed by atoms with van der Waals surface area (Å²) in [7, 11) is 0. The highest BCUT2D eigenvalue weighted by Gasteiger charge is 2.01. The van der Waals surface area contributed by atoms with Crippen LogP contribution in [0.5, 0.6) is 5.88 Å². The largest absolute Gasteiger partial charge is 0.477 e. The lowest BCUT2D eigenvalue weighted by Crippen LogP contribution is -2.02. The Labute approximate surface area is 69.6 Å². The van der Waals surface area contributed by atoms with Crippen molar-refractivity contribution in [3.8, 4) is 5.88 Å². The molecule has 12 heavy (non-hydrogen) atoms. The molecule has 0 bridgehead atoms. The van der Waals surface area contributed by atoms with E-state index in [4.69, 9.17) is 10.5 Å². The number of hydrogen-bond donors (Lipinski definition) is 1. The molecule has 0 atom stereocenters. The quantitative estimate of drug-likeness (QED) is 0.689. The minimum Gasteiger partial charge on any atom is -0.477 e. The summed E-state index contributed by atoms with van der Waals surface area (Å²) in [6, 6.07) is 1.10. The van der Waals surface area contributed by atoms with Gasteiger partial charge in [0.25, 0.3) is 0 Å². The smallest absolute Gasteiger partial charge is 0.226 e. The maximum atomic E-state index is 12.5. The van der Waals surface area contributed by atoms with Gasteiger partial charge in [-0.2, -0.15) is 14.4 Å². The molecule has 0 aliphatic rings. The van der Waals surface area contributed by atoms with Crippen molar-refractivity contribution in [3.63, 3.8) is 0 Å². The molecule has 0 aromatic carbocycles. The van der Waals surface area contributed by atoms with Crippen molar-refractivity contribution in [1.82, 2.24) is 9.97 Å². The van der Waals surface area contributed by atoms with Crippen LogP contribution in [0.1, 0.15) is 13.3 Å². The number of ether oxygens (including phenoxy) is 1. The predicted octanol–water partition coefficient (Wildman–Crippen LogP) is 0.987. The van der Waals surface area contributed by atoms with E-state index in [1.165, 1.54) is 0 Å². The van der Waals surface area contributed by atoms with E-state index in [2.05, 4.69) is 9.97 Å². The highest BCUT2D eigenvalue weighted by molar-refractivity contribution is 5.21. The fraction of sp³-hybridized carbons (Fsp3) is 0.429. The summed E-state index contributed by atoms with van der Waals surface area (Å²) in [4.78, 5) is 6.94. The average molecular weight is 171 g/mol. The third-order valence-corrected chi connectivity index (χ3v) is 1.14. The number of halogens is 1. The molecule has 0 spiro atoms. The second kappa shape index (κ2) is 3.85. The second-order valence-corrected chi connectivity index (χ2v) is 2.24. The van der Waals surface area contributed by atoms with E-state index in [1.54, 1.807) is 0 Å². The van der Waals surface area contributed by atoms with Crippen LogP contribution in [0.25, 0.3) is 0 Å². The van der Waals surface area contributed by atoms with Gasteiger partial charge in [0.1, 0.15) is 0 Å². The Kier molecular flexibility index (Phi) is 2.79. The second-order valence-electron chi connectivity index (χ2n) is 2.24. The molecule has 5 heteroatoms. The first-order valence-corrected chi connectivity index (χ1v) is 3.65. The normalized spacial score (nSPS) is 9.83. The van der Waals surface area contributed by atoms with E-state index in [1.807, 2.05) is 6.92 Å². The van der Waals surface area contributed by atoms with Crippen molar-refractivity contribution in [2.24, 2.45) is 0 Å². The monoisotopic (exact) mass is 171 g/mol. The number of nitrogens with two attached hydrogens (primary N) is 1. The van der Waals surface area contributed by atoms with E-state index in [9.17, 15) is 4.39 Å². The molecule has 0 fully saturated rings. The number of rotatable bonds is 3. The number of nitrogen functional groups attached to an aromatic ring is 1. The van der Waals surface area contributed by atoms with Crippen molar-refractivity contribution in [3.05, 3.63) is 12.0 Å². The van der Waals surface area contributed by atoms with E-state index in [0.717, 1.165) is 12.5 Å². The van der Waals surface area contributed by atoms with Gasteiger partial charge in [0.2, 0.25) is 17.8 Å². The minimum absolute atomic E-state index is 0.110. The zero-order valence-electron chi connectivity index (χ0n) is 6.75. The summed E-state index contributed by atoms with van der Waals surface area (Å²) < 4.78 is 17.6. The van der Waals surface area contributed by atoms with Gasteiger partial charge in [0.15, 0.2) is 0 Å². The zero-order chi connectivity index (χ0) is 8.97. The summed E-state index contributed by atoms with van der Waals surface area (Å²) in [6.45, 7) is 2.44. The molecule has 1 aromatic rings. The van der Waals surface area contributed by atoms with Gasteiger partial charge >= 0.3 is 0 Å². The summed E-state index contributed by atoms with van der Waals surface area (Å²) in [5.74, 6) is -0.600. The Morgan fingerprint density at radius 1 is 1.58 bits per heavy atom. The maximum Gasteiger partial charge on any atom is 0.226 e. The van der Waals surface area contributed by atoms with E-state index in [-0.39, 0.29) is 11.8 Å². The molecule has 0 saturated carbocycles. The Balaban J connectivity index is 2.72. The Morgan fingerprint density at radius 3 is 2.92 bits per heavy atom. The molecular formula is C7H10FN3O. The van der Waals surface area contributed by atoms with Crippen LogP contribution in [-0.2, 0) is 0 Å². The first kappa shape index (κ1) is 8.70. The van der Waals surface area contributed by atoms with Gasteiger partial charge in [0.05, 0.1) is 12.7 Å². The van der Waals surface area contributed by atoms with Crippen LogP contribution in [-0.4, -0.2) is 16.6 Å². The number of aromatic nitrogens is 2. The van der Waals surface area contributed by atoms with Gasteiger partial charge in [0, 0.05) is 0 Å². The van der Waals surface area contributed by atoms with Gasteiger partial charge in [-0.05, 0) is 6.42 Å². The predicted molar refractivity (Wildman–Crippen MR) is 42.2 cm³/mol. The molecule has 0 saturated heterocycles. The molecule has 1 rings (SSSR count). The lowest BCUT2D eigenvalue weighted by atomic mass is 10.5. The highest BCUT2D eigenvalue weighted by atomic mass is 19.1. The topological polar surface area (TPSA) is 61.0 Å². The highest BCUT2D eigenvalue weighted by Crippen LogP contribution is 2.09. The summed E-state index contributed by atoms with van der Waals surface area (Å²) in [5, 5.41) is 0. The van der Waals surface area contributed by atoms with Crippen LogP contribution in [0.2, 0.25) is 0 Å². The van der Waals surface area contributed by atoms with Crippen LogP contribution >= 0.6 is 0 Å². The summed E-state index contributed by atoms with van der Waals surface area (Å²) in [6.07, 6.45) is 0.839. The van der Waals surface area contributed by atoms with Crippen molar-refractivity contribution in [2.45, 2.75) is 13.3 Å². The van der Waals surface area contributed by atoms with Crippen LogP contribution in [0, 0.1) is 5.95 Å². The molecule has 4 nitrogen and oxygen atoms in total. The third-order valence-electron chi connectivity index (χ3n) is 1.14. The van der Waals surface area contributed by atoms with Gasteiger partial charge in [-0.25, -0.2) is 0 Å². The molecule has 1 heterocycles. The van der Waals surface area contributed by atoms with Crippen molar-refractivity contribution >= 4 is 5.95 Å². The molecule has 2 N–H and O–H groups in total. The van der Waals surface area contributed by atoms with Crippen LogP contribution in [0.3, 0.4) is 0 Å². The first-order chi connectivity index (χ1) is 5.72. The van der Waals surface area contributed by atoms with Crippen LogP contribution in [0.15, 0.2) is 6.07 Å². The van der Waals surface area contributed by atoms with Crippen molar-refractivity contribution < 1.29 is 9.13 Å². The molecule has 0 unspecified atom stereocenters. The number of hydrogen-bond acceptors (Lipinski definition) is 4. The Hall–Kier alpha value is -1.39. The van der Waals surface area contributed by atoms with Gasteiger partial charge in [-0.3, -0.25) is 0 Å². The van der Waals surface area contributed by atoms with Crippen molar-refractivity contribution in [2.75, 3.05) is 12.3 Å². The molecule has 1 aromatic heterocycles. The molecule has 0 aliphatic heterocycles. The Morgan fingerprint density at radius 2 is 2.33 bits per heavy atom. The molecule has 0 amide bonds. The van der Waals surface area contributed by atoms with Gasteiger partial charge < -0.3 is 10.5 Å². The third kappa shape index (κ3) is 2.34. The van der Waals surface area contributed by atoms with Gasteiger partial charge in [-0.1, -0.05) is 6.92 Å². The minimum atomic E-state index is -0.673. The fourth-order valence-corrected chi connectivity index (χ4v) is 0.694. The lowest BCUT2D eigenvalue weighted by molar-refractivity contribution is 0.302. The van der Waals surface area contributed by atoms with Crippen molar-refractivity contribution in [1.29, 1.82) is 0 Å². The van der Waals surface area contributed by atoms with Gasteiger partial charge in [-0.15, -0.1) is 0 Å². The van der Waals surface area contributed by atoms with E-state index >= 15 is 0 Å². The van der Waals surface area contributed by atoms with E-state index in [0.29, 0.717) is 6.61 Å². The fourth-order valence-electron chi connectivity index (χ4n) is 0.694. The molecular weight excluding hydrogens is 161 g/mol. The zero-order valence-corrected chi connectivity index (χ0v) is 6.75. The average Bonchev–Trinajstić information content (AvgIpc) is 1.99. The number of nitrogens with zero attached hydrogens (tertiary/aromatic N) is 2. The van der Waals surface area contributed by atoms with E-state index < -0.39 is 5.95 Å². The summed E-state index contributed by atoms with van der Waals surface area (Å²) in [5.41, 5.74) is 5.19. The van der Waals surface area contributed by atoms with Crippen LogP contribution < -0.4 is 10.5 Å². The Bertz CT molecular complexity index is 247. The maximum absolute atomic E-state index is 12.5.